The van der Waals surface area contributed by atoms with Gasteiger partial charge in [0, 0.05) is 6.04 Å². The third kappa shape index (κ3) is 6.04. The minimum atomic E-state index is -0.128. The molecule has 0 spiro atoms. The van der Waals surface area contributed by atoms with Gasteiger partial charge in [-0.25, -0.2) is 4.39 Å². The van der Waals surface area contributed by atoms with Crippen molar-refractivity contribution in [1.82, 2.24) is 5.32 Å². The third-order valence-electron chi connectivity index (χ3n) is 3.91. The van der Waals surface area contributed by atoms with E-state index in [0.717, 1.165) is 18.5 Å². The summed E-state index contributed by atoms with van der Waals surface area (Å²) in [6.45, 7) is 7.35. The maximum Gasteiger partial charge on any atom is 0.123 e. The summed E-state index contributed by atoms with van der Waals surface area (Å²) >= 11 is 0. The Morgan fingerprint density at radius 3 is 2.45 bits per heavy atom. The minimum absolute atomic E-state index is 0.128. The van der Waals surface area contributed by atoms with Crippen LogP contribution in [0.1, 0.15) is 76.0 Å². The van der Waals surface area contributed by atoms with Crippen LogP contribution in [0.3, 0.4) is 0 Å². The molecule has 20 heavy (non-hydrogen) atoms. The van der Waals surface area contributed by atoms with Crippen LogP contribution >= 0.6 is 0 Å². The number of benzene rings is 1. The summed E-state index contributed by atoms with van der Waals surface area (Å²) in [5.41, 5.74) is 2.31. The van der Waals surface area contributed by atoms with E-state index < -0.39 is 0 Å². The van der Waals surface area contributed by atoms with E-state index in [1.54, 1.807) is 12.1 Å². The Labute approximate surface area is 124 Å². The van der Waals surface area contributed by atoms with E-state index >= 15 is 0 Å². The van der Waals surface area contributed by atoms with Gasteiger partial charge in [0.15, 0.2) is 0 Å². The van der Waals surface area contributed by atoms with Crippen LogP contribution in [0.25, 0.3) is 0 Å². The van der Waals surface area contributed by atoms with Gasteiger partial charge in [0.2, 0.25) is 0 Å². The van der Waals surface area contributed by atoms with Gasteiger partial charge in [-0.2, -0.15) is 0 Å². The Balaban J connectivity index is 2.49. The quantitative estimate of drug-likeness (QED) is 0.555. The Morgan fingerprint density at radius 1 is 1.05 bits per heavy atom. The highest BCUT2D eigenvalue weighted by atomic mass is 19.1. The molecule has 1 nitrogen and oxygen atoms in total. The van der Waals surface area contributed by atoms with Crippen molar-refractivity contribution in [2.45, 2.75) is 71.8 Å². The predicted octanol–water partition coefficient (Wildman–Crippen LogP) is 5.54. The Kier molecular flexibility index (Phi) is 8.52. The van der Waals surface area contributed by atoms with Gasteiger partial charge in [-0.1, -0.05) is 58.4 Å². The number of aryl methyl sites for hydroxylation is 1. The normalized spacial score (nSPS) is 12.6. The zero-order valence-electron chi connectivity index (χ0n) is 13.3. The maximum absolute atomic E-state index is 13.4. The van der Waals surface area contributed by atoms with E-state index in [4.69, 9.17) is 0 Å². The summed E-state index contributed by atoms with van der Waals surface area (Å²) in [7, 11) is 0. The standard InChI is InChI=1S/C18H30FN/c1-4-6-7-8-9-10-11-18(20-5-2)17-14-16(19)13-12-15(17)3/h12-14,18,20H,4-11H2,1-3H3. The first-order valence-corrected chi connectivity index (χ1v) is 8.18. The van der Waals surface area contributed by atoms with Crippen LogP contribution in [0.15, 0.2) is 18.2 Å². The second-order valence-electron chi connectivity index (χ2n) is 5.67. The molecule has 0 amide bonds. The number of halogens is 1. The van der Waals surface area contributed by atoms with Crippen molar-refractivity contribution in [1.29, 1.82) is 0 Å². The van der Waals surface area contributed by atoms with Crippen molar-refractivity contribution < 1.29 is 4.39 Å². The van der Waals surface area contributed by atoms with Crippen LogP contribution in [-0.2, 0) is 0 Å². The average molecular weight is 279 g/mol. The van der Waals surface area contributed by atoms with Crippen LogP contribution in [0.5, 0.6) is 0 Å². The van der Waals surface area contributed by atoms with E-state index in [1.165, 1.54) is 44.1 Å². The lowest BCUT2D eigenvalue weighted by atomic mass is 9.96. The summed E-state index contributed by atoms with van der Waals surface area (Å²) in [5, 5.41) is 3.50. The van der Waals surface area contributed by atoms with E-state index in [9.17, 15) is 4.39 Å². The summed E-state index contributed by atoms with van der Waals surface area (Å²) < 4.78 is 13.4. The Hall–Kier alpha value is -0.890. The maximum atomic E-state index is 13.4. The summed E-state index contributed by atoms with van der Waals surface area (Å²) in [6, 6.07) is 5.42. The highest BCUT2D eigenvalue weighted by Crippen LogP contribution is 2.24. The molecule has 0 aromatic heterocycles. The Bertz CT molecular complexity index is 376. The molecule has 1 rings (SSSR count). The minimum Gasteiger partial charge on any atom is -0.310 e. The van der Waals surface area contributed by atoms with Crippen LogP contribution in [0, 0.1) is 12.7 Å². The van der Waals surface area contributed by atoms with Crippen molar-refractivity contribution in [3.05, 3.63) is 35.1 Å². The van der Waals surface area contributed by atoms with Crippen LogP contribution in [-0.4, -0.2) is 6.54 Å². The number of nitrogens with one attached hydrogen (secondary N) is 1. The lowest BCUT2D eigenvalue weighted by molar-refractivity contribution is 0.473. The fraction of sp³-hybridized carbons (Fsp3) is 0.667. The average Bonchev–Trinajstić information content (AvgIpc) is 2.44. The summed E-state index contributed by atoms with van der Waals surface area (Å²) in [6.07, 6.45) is 8.93. The SMILES string of the molecule is CCCCCCCCC(NCC)c1cc(F)ccc1C. The predicted molar refractivity (Wildman–Crippen MR) is 85.5 cm³/mol. The first-order valence-electron chi connectivity index (χ1n) is 8.18. The number of hydrogen-bond acceptors (Lipinski definition) is 1. The topological polar surface area (TPSA) is 12.0 Å². The van der Waals surface area contributed by atoms with Crippen molar-refractivity contribution in [2.75, 3.05) is 6.54 Å². The molecule has 0 heterocycles. The lowest BCUT2D eigenvalue weighted by Crippen LogP contribution is -2.21. The first kappa shape index (κ1) is 17.2. The van der Waals surface area contributed by atoms with Crippen LogP contribution < -0.4 is 5.32 Å². The molecule has 0 aliphatic heterocycles. The molecule has 0 bridgehead atoms. The van der Waals surface area contributed by atoms with Gasteiger partial charge < -0.3 is 5.32 Å². The smallest absolute Gasteiger partial charge is 0.123 e. The van der Waals surface area contributed by atoms with E-state index in [2.05, 4.69) is 26.1 Å². The second-order valence-corrected chi connectivity index (χ2v) is 5.67. The Morgan fingerprint density at radius 2 is 1.75 bits per heavy atom. The number of rotatable bonds is 10. The van der Waals surface area contributed by atoms with E-state index in [1.807, 2.05) is 6.07 Å². The van der Waals surface area contributed by atoms with Crippen molar-refractivity contribution in [2.24, 2.45) is 0 Å². The lowest BCUT2D eigenvalue weighted by Gasteiger charge is -2.20. The summed E-state index contributed by atoms with van der Waals surface area (Å²) in [5.74, 6) is -0.128. The molecule has 0 aliphatic carbocycles. The molecule has 0 saturated carbocycles. The zero-order chi connectivity index (χ0) is 14.8. The highest BCUT2D eigenvalue weighted by Gasteiger charge is 2.13. The van der Waals surface area contributed by atoms with E-state index in [-0.39, 0.29) is 5.82 Å². The molecule has 0 radical (unpaired) electrons. The fourth-order valence-electron chi connectivity index (χ4n) is 2.73. The highest BCUT2D eigenvalue weighted by molar-refractivity contribution is 5.29. The molecule has 0 fully saturated rings. The molecule has 114 valence electrons. The number of hydrogen-bond donors (Lipinski definition) is 1. The molecular formula is C18H30FN. The van der Waals surface area contributed by atoms with Gasteiger partial charge in [0.05, 0.1) is 0 Å². The molecule has 1 aromatic carbocycles. The van der Waals surface area contributed by atoms with Gasteiger partial charge in [-0.3, -0.25) is 0 Å². The molecule has 1 N–H and O–H groups in total. The molecule has 1 aromatic rings. The van der Waals surface area contributed by atoms with Gasteiger partial charge in [-0.05, 0) is 43.1 Å². The second kappa shape index (κ2) is 9.93. The molecule has 1 atom stereocenters. The molecule has 0 aliphatic rings. The van der Waals surface area contributed by atoms with Crippen molar-refractivity contribution in [3.63, 3.8) is 0 Å². The summed E-state index contributed by atoms with van der Waals surface area (Å²) in [4.78, 5) is 0. The van der Waals surface area contributed by atoms with Crippen LogP contribution in [0.4, 0.5) is 4.39 Å². The fourth-order valence-corrected chi connectivity index (χ4v) is 2.73. The monoisotopic (exact) mass is 279 g/mol. The van der Waals surface area contributed by atoms with Gasteiger partial charge in [-0.15, -0.1) is 0 Å². The number of unbranched alkanes of at least 4 members (excludes halogenated alkanes) is 5. The molecule has 0 saturated heterocycles. The van der Waals surface area contributed by atoms with Gasteiger partial charge in [0.1, 0.15) is 5.82 Å². The molecular weight excluding hydrogens is 249 g/mol. The van der Waals surface area contributed by atoms with Crippen molar-refractivity contribution in [3.8, 4) is 0 Å². The third-order valence-corrected chi connectivity index (χ3v) is 3.91. The molecule has 2 heteroatoms. The zero-order valence-corrected chi connectivity index (χ0v) is 13.3. The molecule has 1 unspecified atom stereocenters. The van der Waals surface area contributed by atoms with Crippen LogP contribution in [0.2, 0.25) is 0 Å². The van der Waals surface area contributed by atoms with Crippen molar-refractivity contribution >= 4 is 0 Å². The largest absolute Gasteiger partial charge is 0.310 e. The first-order chi connectivity index (χ1) is 9.69. The van der Waals surface area contributed by atoms with Gasteiger partial charge in [0.25, 0.3) is 0 Å². The van der Waals surface area contributed by atoms with E-state index in [0.29, 0.717) is 6.04 Å². The van der Waals surface area contributed by atoms with Gasteiger partial charge >= 0.3 is 0 Å².